The zero-order valence-electron chi connectivity index (χ0n) is 9.68. The van der Waals surface area contributed by atoms with Crippen molar-refractivity contribution in [3.8, 4) is 0 Å². The summed E-state index contributed by atoms with van der Waals surface area (Å²) in [6, 6.07) is 3.53. The van der Waals surface area contributed by atoms with Crippen molar-refractivity contribution in [2.45, 2.75) is 23.8 Å². The van der Waals surface area contributed by atoms with Crippen molar-refractivity contribution in [3.63, 3.8) is 0 Å². The summed E-state index contributed by atoms with van der Waals surface area (Å²) in [5.41, 5.74) is -1.12. The van der Waals surface area contributed by atoms with Crippen molar-refractivity contribution >= 4 is 39.1 Å². The van der Waals surface area contributed by atoms with Crippen LogP contribution in [0.1, 0.15) is 18.4 Å². The largest absolute Gasteiger partial charge is 0.418 e. The van der Waals surface area contributed by atoms with E-state index in [1.165, 1.54) is 12.1 Å². The Bertz CT molecular complexity index is 506. The minimum atomic E-state index is -4.54. The second kappa shape index (κ2) is 5.32. The molecule has 0 radical (unpaired) electrons. The molecule has 1 amide bonds. The molecule has 0 bridgehead atoms. The fraction of sp³-hybridized carbons (Fsp3) is 0.417. The minimum Gasteiger partial charge on any atom is -0.309 e. The predicted molar refractivity (Wildman–Crippen MR) is 70.8 cm³/mol. The molecule has 2 rings (SSSR count). The molecule has 1 aliphatic rings. The van der Waals surface area contributed by atoms with Gasteiger partial charge in [0.15, 0.2) is 0 Å². The number of alkyl halides is 4. The average Bonchev–Trinajstić information content (AvgIpc) is 2.32. The summed E-state index contributed by atoms with van der Waals surface area (Å²) in [6.07, 6.45) is -3.30. The molecule has 1 heterocycles. The Morgan fingerprint density at radius 3 is 2.68 bits per heavy atom. The van der Waals surface area contributed by atoms with Crippen LogP contribution in [0.4, 0.5) is 18.9 Å². The van der Waals surface area contributed by atoms with E-state index in [1.54, 1.807) is 0 Å². The first-order chi connectivity index (χ1) is 8.82. The number of carbonyl (C=O) groups is 1. The van der Waals surface area contributed by atoms with Crippen LogP contribution in [-0.4, -0.2) is 17.3 Å². The highest BCUT2D eigenvalue weighted by atomic mass is 79.9. The van der Waals surface area contributed by atoms with E-state index < -0.39 is 16.6 Å². The number of para-hydroxylation sites is 1. The molecule has 0 N–H and O–H groups in total. The number of benzene rings is 1. The first kappa shape index (κ1) is 14.7. The van der Waals surface area contributed by atoms with Crippen LogP contribution in [0.15, 0.2) is 18.2 Å². The van der Waals surface area contributed by atoms with Crippen LogP contribution in [0.25, 0.3) is 0 Å². The molecule has 0 saturated carbocycles. The van der Waals surface area contributed by atoms with Gasteiger partial charge in [0.1, 0.15) is 0 Å². The molecule has 104 valence electrons. The maximum absolute atomic E-state index is 13.0. The van der Waals surface area contributed by atoms with E-state index in [0.29, 0.717) is 12.8 Å². The van der Waals surface area contributed by atoms with Gasteiger partial charge in [0.2, 0.25) is 5.91 Å². The maximum Gasteiger partial charge on any atom is 0.418 e. The number of hydrogen-bond donors (Lipinski definition) is 0. The van der Waals surface area contributed by atoms with Gasteiger partial charge >= 0.3 is 6.18 Å². The highest BCUT2D eigenvalue weighted by Gasteiger charge is 2.39. The molecule has 1 unspecified atom stereocenters. The SMILES string of the molecule is O=C1C(Br)CCCN1c1c(Cl)cccc1C(F)(F)F. The Morgan fingerprint density at radius 1 is 1.37 bits per heavy atom. The van der Waals surface area contributed by atoms with Gasteiger partial charge in [-0.05, 0) is 25.0 Å². The fourth-order valence-electron chi connectivity index (χ4n) is 2.07. The van der Waals surface area contributed by atoms with E-state index in [0.717, 1.165) is 11.0 Å². The molecule has 1 saturated heterocycles. The van der Waals surface area contributed by atoms with E-state index >= 15 is 0 Å². The van der Waals surface area contributed by atoms with E-state index in [1.807, 2.05) is 0 Å². The van der Waals surface area contributed by atoms with Crippen LogP contribution in [-0.2, 0) is 11.0 Å². The summed E-state index contributed by atoms with van der Waals surface area (Å²) < 4.78 is 39.0. The van der Waals surface area contributed by atoms with Crippen molar-refractivity contribution < 1.29 is 18.0 Å². The number of halogens is 5. The second-order valence-electron chi connectivity index (χ2n) is 4.23. The lowest BCUT2D eigenvalue weighted by molar-refractivity contribution is -0.137. The number of nitrogens with zero attached hydrogens (tertiary/aromatic N) is 1. The van der Waals surface area contributed by atoms with Crippen LogP contribution < -0.4 is 4.90 Å². The van der Waals surface area contributed by atoms with Crippen molar-refractivity contribution in [1.29, 1.82) is 0 Å². The predicted octanol–water partition coefficient (Wildman–Crippen LogP) is 4.25. The zero-order valence-corrected chi connectivity index (χ0v) is 12.0. The van der Waals surface area contributed by atoms with Crippen LogP contribution in [0.2, 0.25) is 5.02 Å². The third-order valence-electron chi connectivity index (χ3n) is 2.94. The molecule has 7 heteroatoms. The molecule has 0 aromatic heterocycles. The van der Waals surface area contributed by atoms with Gasteiger partial charge in [-0.25, -0.2) is 0 Å². The summed E-state index contributed by atoms with van der Waals surface area (Å²) in [7, 11) is 0. The number of rotatable bonds is 1. The van der Waals surface area contributed by atoms with Crippen molar-refractivity contribution in [1.82, 2.24) is 0 Å². The quantitative estimate of drug-likeness (QED) is 0.689. The van der Waals surface area contributed by atoms with Gasteiger partial charge in [-0.3, -0.25) is 4.79 Å². The normalized spacial score (nSPS) is 20.8. The highest BCUT2D eigenvalue weighted by molar-refractivity contribution is 9.10. The van der Waals surface area contributed by atoms with E-state index in [9.17, 15) is 18.0 Å². The Morgan fingerprint density at radius 2 is 2.05 bits per heavy atom. The minimum absolute atomic E-state index is 0.0650. The lowest BCUT2D eigenvalue weighted by Gasteiger charge is -2.32. The highest BCUT2D eigenvalue weighted by Crippen LogP contribution is 2.42. The molecular weight excluding hydrogens is 346 g/mol. The van der Waals surface area contributed by atoms with Gasteiger partial charge in [0.25, 0.3) is 0 Å². The van der Waals surface area contributed by atoms with Gasteiger partial charge in [-0.15, -0.1) is 0 Å². The summed E-state index contributed by atoms with van der Waals surface area (Å²) in [5.74, 6) is -0.384. The average molecular weight is 357 g/mol. The number of piperidine rings is 1. The summed E-state index contributed by atoms with van der Waals surface area (Å²) in [5, 5.41) is -0.0650. The molecule has 0 aliphatic carbocycles. The number of anilines is 1. The van der Waals surface area contributed by atoms with Crippen LogP contribution in [0, 0.1) is 0 Å². The topological polar surface area (TPSA) is 20.3 Å². The molecule has 1 aliphatic heterocycles. The Labute approximate surface area is 121 Å². The van der Waals surface area contributed by atoms with Gasteiger partial charge in [-0.1, -0.05) is 33.6 Å². The first-order valence-corrected chi connectivity index (χ1v) is 6.93. The Balaban J connectivity index is 2.52. The molecule has 1 aromatic rings. The van der Waals surface area contributed by atoms with Crippen molar-refractivity contribution in [2.75, 3.05) is 11.4 Å². The number of carbonyl (C=O) groups excluding carboxylic acids is 1. The number of amides is 1. The van der Waals surface area contributed by atoms with Gasteiger partial charge in [-0.2, -0.15) is 13.2 Å². The molecule has 19 heavy (non-hydrogen) atoms. The lowest BCUT2D eigenvalue weighted by atomic mass is 10.1. The molecule has 1 atom stereocenters. The van der Waals surface area contributed by atoms with Crippen LogP contribution in [0.3, 0.4) is 0 Å². The van der Waals surface area contributed by atoms with Crippen LogP contribution in [0.5, 0.6) is 0 Å². The Hall–Kier alpha value is -0.750. The van der Waals surface area contributed by atoms with Crippen LogP contribution >= 0.6 is 27.5 Å². The molecular formula is C12H10BrClF3NO. The smallest absolute Gasteiger partial charge is 0.309 e. The monoisotopic (exact) mass is 355 g/mol. The third-order valence-corrected chi connectivity index (χ3v) is 4.09. The van der Waals surface area contributed by atoms with Gasteiger partial charge in [0, 0.05) is 6.54 Å². The maximum atomic E-state index is 13.0. The van der Waals surface area contributed by atoms with E-state index in [-0.39, 0.29) is 23.2 Å². The van der Waals surface area contributed by atoms with E-state index in [2.05, 4.69) is 15.9 Å². The molecule has 2 nitrogen and oxygen atoms in total. The summed E-state index contributed by atoms with van der Waals surface area (Å²) in [4.78, 5) is 12.7. The molecule has 1 fully saturated rings. The standard InChI is InChI=1S/C12H10BrClF3NO/c13-8-4-2-6-18(11(8)19)10-7(12(15,16)17)3-1-5-9(10)14/h1,3,5,8H,2,4,6H2. The van der Waals surface area contributed by atoms with Crippen molar-refractivity contribution in [2.24, 2.45) is 0 Å². The fourth-order valence-corrected chi connectivity index (χ4v) is 2.92. The first-order valence-electron chi connectivity index (χ1n) is 5.63. The molecule has 1 aromatic carbocycles. The van der Waals surface area contributed by atoms with Crippen molar-refractivity contribution in [3.05, 3.63) is 28.8 Å². The summed E-state index contributed by atoms with van der Waals surface area (Å²) in [6.45, 7) is 0.244. The van der Waals surface area contributed by atoms with Gasteiger partial charge < -0.3 is 4.90 Å². The lowest BCUT2D eigenvalue weighted by Crippen LogP contribution is -2.42. The molecule has 0 spiro atoms. The van der Waals surface area contributed by atoms with E-state index in [4.69, 9.17) is 11.6 Å². The summed E-state index contributed by atoms with van der Waals surface area (Å²) >= 11 is 9.05. The third kappa shape index (κ3) is 2.89. The second-order valence-corrected chi connectivity index (χ2v) is 5.75. The Kier molecular flexibility index (Phi) is 4.11. The zero-order chi connectivity index (χ0) is 14.2. The van der Waals surface area contributed by atoms with Gasteiger partial charge in [0.05, 0.1) is 21.1 Å². The number of hydrogen-bond acceptors (Lipinski definition) is 1.